The molecule has 0 saturated carbocycles. The number of hydrogen-bond donors (Lipinski definition) is 1. The maximum absolute atomic E-state index is 11.9. The topological polar surface area (TPSA) is 20.2 Å². The summed E-state index contributed by atoms with van der Waals surface area (Å²) in [5.41, 5.74) is 0. The van der Waals surface area contributed by atoms with Crippen LogP contribution in [0.15, 0.2) is 0 Å². The predicted octanol–water partition coefficient (Wildman–Crippen LogP) is 1.49. The summed E-state index contributed by atoms with van der Waals surface area (Å²) in [7, 11) is 0. The first-order valence-corrected chi connectivity index (χ1v) is 2.86. The molecule has 0 heterocycles. The Morgan fingerprint density at radius 3 is 1.90 bits per heavy atom. The van der Waals surface area contributed by atoms with Gasteiger partial charge in [0.2, 0.25) is 0 Å². The second-order valence-corrected chi connectivity index (χ2v) is 1.95. The molecule has 0 amide bonds. The van der Waals surface area contributed by atoms with Gasteiger partial charge in [0.1, 0.15) is 6.10 Å². The lowest BCUT2D eigenvalue weighted by Crippen LogP contribution is -2.41. The van der Waals surface area contributed by atoms with Crippen LogP contribution < -0.4 is 0 Å². The van der Waals surface area contributed by atoms with Crippen molar-refractivity contribution in [1.82, 2.24) is 0 Å². The Labute approximate surface area is 59.6 Å². The monoisotopic (exact) mass is 180 g/mol. The molecule has 6 heteroatoms. The molecule has 0 radical (unpaired) electrons. The molecule has 10 heavy (non-hydrogen) atoms. The predicted molar refractivity (Wildman–Crippen MR) is 27.7 cm³/mol. The number of halogens is 5. The number of aliphatic hydroxyl groups excluding tert-OH is 1. The molecule has 0 aliphatic carbocycles. The fourth-order valence-electron chi connectivity index (χ4n) is 0.248. The SMILES string of the molecule is OC(CCl)C(F)(F)C(F)F. The van der Waals surface area contributed by atoms with E-state index in [0.29, 0.717) is 0 Å². The average molecular weight is 181 g/mol. The molecule has 0 spiro atoms. The standard InChI is InChI=1S/C4H5ClF4O/c5-1-2(10)4(8,9)3(6)7/h2-3,10H,1H2. The van der Waals surface area contributed by atoms with Gasteiger partial charge in [-0.2, -0.15) is 8.78 Å². The Morgan fingerprint density at radius 2 is 1.80 bits per heavy atom. The van der Waals surface area contributed by atoms with E-state index in [1.807, 2.05) is 0 Å². The highest BCUT2D eigenvalue weighted by molar-refractivity contribution is 6.18. The van der Waals surface area contributed by atoms with E-state index in [1.165, 1.54) is 0 Å². The van der Waals surface area contributed by atoms with E-state index in [1.54, 1.807) is 0 Å². The Kier molecular flexibility index (Phi) is 3.38. The van der Waals surface area contributed by atoms with Gasteiger partial charge in [-0.1, -0.05) is 0 Å². The van der Waals surface area contributed by atoms with E-state index in [-0.39, 0.29) is 0 Å². The summed E-state index contributed by atoms with van der Waals surface area (Å²) in [5.74, 6) is -5.31. The fourth-order valence-corrected chi connectivity index (χ4v) is 0.454. The summed E-state index contributed by atoms with van der Waals surface area (Å²) in [5, 5.41) is 8.19. The van der Waals surface area contributed by atoms with Gasteiger partial charge in [-0.15, -0.1) is 11.6 Å². The average Bonchev–Trinajstić information content (AvgIpc) is 1.86. The lowest BCUT2D eigenvalue weighted by atomic mass is 10.2. The second-order valence-electron chi connectivity index (χ2n) is 1.65. The summed E-state index contributed by atoms with van der Waals surface area (Å²) >= 11 is 4.72. The summed E-state index contributed by atoms with van der Waals surface area (Å²) < 4.78 is 46.3. The molecular formula is C4H5ClF4O. The maximum Gasteiger partial charge on any atom is 0.333 e. The third-order valence-electron chi connectivity index (χ3n) is 0.881. The minimum absolute atomic E-state index is 0.905. The van der Waals surface area contributed by atoms with Crippen LogP contribution in [0.3, 0.4) is 0 Å². The molecule has 1 N–H and O–H groups in total. The van der Waals surface area contributed by atoms with Crippen molar-refractivity contribution in [3.63, 3.8) is 0 Å². The summed E-state index contributed by atoms with van der Waals surface area (Å²) in [6, 6.07) is 0. The van der Waals surface area contributed by atoms with E-state index in [9.17, 15) is 17.6 Å². The van der Waals surface area contributed by atoms with Crippen molar-refractivity contribution in [2.45, 2.75) is 18.5 Å². The summed E-state index contributed by atoms with van der Waals surface area (Å²) in [6.07, 6.45) is -6.35. The zero-order valence-electron chi connectivity index (χ0n) is 4.70. The molecule has 0 aromatic rings. The molecule has 0 bridgehead atoms. The molecular weight excluding hydrogens is 175 g/mol. The van der Waals surface area contributed by atoms with Gasteiger partial charge in [0.25, 0.3) is 0 Å². The van der Waals surface area contributed by atoms with Crippen LogP contribution in [0.2, 0.25) is 0 Å². The molecule has 0 aliphatic heterocycles. The van der Waals surface area contributed by atoms with E-state index >= 15 is 0 Å². The van der Waals surface area contributed by atoms with Crippen molar-refractivity contribution < 1.29 is 22.7 Å². The van der Waals surface area contributed by atoms with Gasteiger partial charge in [0.05, 0.1) is 5.88 Å². The van der Waals surface area contributed by atoms with Gasteiger partial charge < -0.3 is 5.11 Å². The van der Waals surface area contributed by atoms with Crippen LogP contribution in [0.1, 0.15) is 0 Å². The van der Waals surface area contributed by atoms with Crippen molar-refractivity contribution in [3.8, 4) is 0 Å². The minimum Gasteiger partial charge on any atom is -0.385 e. The molecule has 0 fully saturated rings. The van der Waals surface area contributed by atoms with Gasteiger partial charge >= 0.3 is 12.3 Å². The lowest BCUT2D eigenvalue weighted by Gasteiger charge is -2.18. The molecule has 0 saturated heterocycles. The Balaban J connectivity index is 4.09. The molecule has 1 unspecified atom stereocenters. The van der Waals surface area contributed by atoms with E-state index < -0.39 is 24.3 Å². The quantitative estimate of drug-likeness (QED) is 0.515. The summed E-state index contributed by atoms with van der Waals surface area (Å²) in [4.78, 5) is 0. The summed E-state index contributed by atoms with van der Waals surface area (Å²) in [6.45, 7) is 0. The highest BCUT2D eigenvalue weighted by Gasteiger charge is 2.47. The fraction of sp³-hybridized carbons (Fsp3) is 1.00. The third kappa shape index (κ3) is 1.98. The second kappa shape index (κ2) is 3.39. The molecule has 0 aromatic heterocycles. The number of alkyl halides is 5. The van der Waals surface area contributed by atoms with Gasteiger partial charge in [-0.3, -0.25) is 0 Å². The molecule has 0 aliphatic rings. The largest absolute Gasteiger partial charge is 0.385 e. The highest BCUT2D eigenvalue weighted by Crippen LogP contribution is 2.27. The minimum atomic E-state index is -4.40. The zero-order valence-corrected chi connectivity index (χ0v) is 5.45. The van der Waals surface area contributed by atoms with Crippen LogP contribution in [0.5, 0.6) is 0 Å². The van der Waals surface area contributed by atoms with Crippen LogP contribution in [0, 0.1) is 0 Å². The zero-order chi connectivity index (χ0) is 8.36. The van der Waals surface area contributed by atoms with Crippen molar-refractivity contribution in [1.29, 1.82) is 0 Å². The van der Waals surface area contributed by atoms with Gasteiger partial charge in [-0.05, 0) is 0 Å². The first kappa shape index (κ1) is 9.97. The van der Waals surface area contributed by atoms with Crippen LogP contribution >= 0.6 is 11.6 Å². The van der Waals surface area contributed by atoms with Crippen LogP contribution in [-0.4, -0.2) is 29.4 Å². The Morgan fingerprint density at radius 1 is 1.40 bits per heavy atom. The van der Waals surface area contributed by atoms with Gasteiger partial charge in [0.15, 0.2) is 0 Å². The maximum atomic E-state index is 11.9. The van der Waals surface area contributed by atoms with Crippen molar-refractivity contribution in [2.75, 3.05) is 5.88 Å². The van der Waals surface area contributed by atoms with Gasteiger partial charge in [0, 0.05) is 0 Å². The first-order valence-electron chi connectivity index (χ1n) is 2.33. The van der Waals surface area contributed by atoms with Crippen molar-refractivity contribution in [3.05, 3.63) is 0 Å². The lowest BCUT2D eigenvalue weighted by molar-refractivity contribution is -0.184. The smallest absolute Gasteiger partial charge is 0.333 e. The molecule has 62 valence electrons. The molecule has 1 nitrogen and oxygen atoms in total. The first-order chi connectivity index (χ1) is 4.42. The van der Waals surface area contributed by atoms with Crippen LogP contribution in [-0.2, 0) is 0 Å². The Bertz CT molecular complexity index is 107. The van der Waals surface area contributed by atoms with Crippen molar-refractivity contribution >= 4 is 11.6 Å². The van der Waals surface area contributed by atoms with Crippen LogP contribution in [0.4, 0.5) is 17.6 Å². The van der Waals surface area contributed by atoms with Crippen molar-refractivity contribution in [2.24, 2.45) is 0 Å². The highest BCUT2D eigenvalue weighted by atomic mass is 35.5. The van der Waals surface area contributed by atoms with E-state index in [4.69, 9.17) is 16.7 Å². The van der Waals surface area contributed by atoms with E-state index in [2.05, 4.69) is 0 Å². The number of rotatable bonds is 3. The van der Waals surface area contributed by atoms with E-state index in [0.717, 1.165) is 0 Å². The number of aliphatic hydroxyl groups is 1. The third-order valence-corrected chi connectivity index (χ3v) is 1.17. The van der Waals surface area contributed by atoms with Crippen LogP contribution in [0.25, 0.3) is 0 Å². The molecule has 0 rings (SSSR count). The number of hydrogen-bond acceptors (Lipinski definition) is 1. The normalized spacial score (nSPS) is 15.9. The van der Waals surface area contributed by atoms with Gasteiger partial charge in [-0.25, -0.2) is 8.78 Å². The Hall–Kier alpha value is -0.0300. The molecule has 0 aromatic carbocycles. The molecule has 1 atom stereocenters.